The summed E-state index contributed by atoms with van der Waals surface area (Å²) in [6.07, 6.45) is 4.96. The summed E-state index contributed by atoms with van der Waals surface area (Å²) in [6.45, 7) is 0. The fraction of sp³-hybridized carbons (Fsp3) is 0.500. The van der Waals surface area contributed by atoms with Crippen molar-refractivity contribution in [3.63, 3.8) is 0 Å². The van der Waals surface area contributed by atoms with Gasteiger partial charge in [-0.25, -0.2) is 8.78 Å². The summed E-state index contributed by atoms with van der Waals surface area (Å²) in [7, 11) is 0. The van der Waals surface area contributed by atoms with Gasteiger partial charge in [0.05, 0.1) is 17.1 Å². The van der Waals surface area contributed by atoms with Crippen LogP contribution >= 0.6 is 0 Å². The van der Waals surface area contributed by atoms with E-state index in [0.29, 0.717) is 0 Å². The minimum Gasteiger partial charge on any atom is -0.378 e. The summed E-state index contributed by atoms with van der Waals surface area (Å²) in [5, 5.41) is 13.3. The van der Waals surface area contributed by atoms with Crippen LogP contribution in [-0.4, -0.2) is 11.0 Å². The molecule has 2 rings (SSSR count). The molecule has 1 aromatic carbocycles. The van der Waals surface area contributed by atoms with E-state index in [1.807, 2.05) is 0 Å². The molecule has 0 aliphatic heterocycles. The normalized spacial score (nSPS) is 16.6. The molecule has 98 valence electrons. The number of benzene rings is 1. The van der Waals surface area contributed by atoms with E-state index >= 15 is 0 Å². The Kier molecular flexibility index (Phi) is 3.74. The average Bonchev–Trinajstić information content (AvgIpc) is 2.34. The molecule has 6 heteroatoms. The summed E-state index contributed by atoms with van der Waals surface area (Å²) in [6, 6.07) is 1.53. The number of nitro groups is 1. The minimum atomic E-state index is -0.910. The van der Waals surface area contributed by atoms with Crippen molar-refractivity contribution in [2.45, 2.75) is 38.1 Å². The molecule has 0 atom stereocenters. The number of nitro benzene ring substituents is 1. The van der Waals surface area contributed by atoms with E-state index in [0.717, 1.165) is 44.2 Å². The molecule has 1 aliphatic carbocycles. The number of nitrogens with zero attached hydrogens (tertiary/aromatic N) is 1. The Balaban J connectivity index is 2.19. The summed E-state index contributed by atoms with van der Waals surface area (Å²) < 4.78 is 27.2. The van der Waals surface area contributed by atoms with E-state index < -0.39 is 22.2 Å². The van der Waals surface area contributed by atoms with Crippen LogP contribution in [-0.2, 0) is 0 Å². The van der Waals surface area contributed by atoms with E-state index in [2.05, 4.69) is 5.32 Å². The second-order valence-corrected chi connectivity index (χ2v) is 4.52. The Morgan fingerprint density at radius 3 is 2.22 bits per heavy atom. The Bertz CT molecular complexity index is 436. The van der Waals surface area contributed by atoms with Crippen molar-refractivity contribution >= 4 is 11.4 Å². The molecule has 1 aromatic rings. The monoisotopic (exact) mass is 256 g/mol. The molecule has 18 heavy (non-hydrogen) atoms. The maximum absolute atomic E-state index is 13.6. The third kappa shape index (κ3) is 2.75. The molecular formula is C12H14F2N2O2. The van der Waals surface area contributed by atoms with Gasteiger partial charge in [-0.2, -0.15) is 0 Å². The average molecular weight is 256 g/mol. The third-order valence-corrected chi connectivity index (χ3v) is 3.19. The molecule has 0 radical (unpaired) electrons. The van der Waals surface area contributed by atoms with Crippen LogP contribution in [0, 0.1) is 21.7 Å². The zero-order valence-corrected chi connectivity index (χ0v) is 9.79. The predicted molar refractivity (Wildman–Crippen MR) is 63.5 cm³/mol. The van der Waals surface area contributed by atoms with Crippen LogP contribution in [0.1, 0.15) is 32.1 Å². The van der Waals surface area contributed by atoms with Crippen molar-refractivity contribution in [2.24, 2.45) is 0 Å². The van der Waals surface area contributed by atoms with Gasteiger partial charge in [0, 0.05) is 6.04 Å². The first kappa shape index (κ1) is 12.7. The lowest BCUT2D eigenvalue weighted by Gasteiger charge is -2.24. The van der Waals surface area contributed by atoms with Gasteiger partial charge in [0.2, 0.25) is 0 Å². The highest BCUT2D eigenvalue weighted by molar-refractivity contribution is 5.52. The van der Waals surface area contributed by atoms with Crippen LogP contribution in [0.4, 0.5) is 20.2 Å². The molecule has 0 spiro atoms. The lowest BCUT2D eigenvalue weighted by Crippen LogP contribution is -2.23. The highest BCUT2D eigenvalue weighted by Crippen LogP contribution is 2.28. The second kappa shape index (κ2) is 5.29. The fourth-order valence-electron chi connectivity index (χ4n) is 2.25. The minimum absolute atomic E-state index is 0.0456. The van der Waals surface area contributed by atoms with Gasteiger partial charge in [-0.1, -0.05) is 19.3 Å². The van der Waals surface area contributed by atoms with Gasteiger partial charge in [0.1, 0.15) is 5.69 Å². The Morgan fingerprint density at radius 2 is 1.72 bits per heavy atom. The lowest BCUT2D eigenvalue weighted by molar-refractivity contribution is -0.385. The van der Waals surface area contributed by atoms with Gasteiger partial charge < -0.3 is 5.32 Å². The maximum atomic E-state index is 13.6. The van der Waals surface area contributed by atoms with Crippen LogP contribution in [0.25, 0.3) is 0 Å². The predicted octanol–water partition coefficient (Wildman–Crippen LogP) is 3.62. The molecule has 0 unspecified atom stereocenters. The van der Waals surface area contributed by atoms with Crippen molar-refractivity contribution in [2.75, 3.05) is 5.32 Å². The van der Waals surface area contributed by atoms with Crippen molar-refractivity contribution in [1.29, 1.82) is 0 Å². The topological polar surface area (TPSA) is 55.2 Å². The lowest BCUT2D eigenvalue weighted by atomic mass is 9.95. The summed E-state index contributed by atoms with van der Waals surface area (Å²) in [4.78, 5) is 9.65. The molecule has 1 N–H and O–H groups in total. The number of anilines is 1. The quantitative estimate of drug-likeness (QED) is 0.663. The largest absolute Gasteiger partial charge is 0.378 e. The molecular weight excluding hydrogens is 242 g/mol. The number of hydrogen-bond acceptors (Lipinski definition) is 3. The zero-order valence-electron chi connectivity index (χ0n) is 9.79. The first-order chi connectivity index (χ1) is 8.58. The Labute approximate surface area is 103 Å². The van der Waals surface area contributed by atoms with Gasteiger partial charge in [-0.05, 0) is 12.8 Å². The summed E-state index contributed by atoms with van der Waals surface area (Å²) in [5.41, 5.74) is -0.827. The number of non-ortho nitro benzene ring substituents is 1. The molecule has 0 saturated heterocycles. The van der Waals surface area contributed by atoms with Gasteiger partial charge in [0.25, 0.3) is 5.69 Å². The smallest absolute Gasteiger partial charge is 0.275 e. The van der Waals surface area contributed by atoms with Crippen LogP contribution in [0.2, 0.25) is 0 Å². The summed E-state index contributed by atoms with van der Waals surface area (Å²) >= 11 is 0. The van der Waals surface area contributed by atoms with Crippen molar-refractivity contribution in [3.05, 3.63) is 33.9 Å². The van der Waals surface area contributed by atoms with Gasteiger partial charge in [-0.3, -0.25) is 10.1 Å². The van der Waals surface area contributed by atoms with Gasteiger partial charge in [0.15, 0.2) is 11.6 Å². The van der Waals surface area contributed by atoms with E-state index in [9.17, 15) is 18.9 Å². The summed E-state index contributed by atoms with van der Waals surface area (Å²) in [5.74, 6) is -1.82. The standard InChI is InChI=1S/C12H14F2N2O2/c13-10-6-9(16(17)18)7-11(14)12(10)15-8-4-2-1-3-5-8/h6-8,15H,1-5H2. The molecule has 1 fully saturated rings. The maximum Gasteiger partial charge on any atom is 0.275 e. The molecule has 4 nitrogen and oxygen atoms in total. The van der Waals surface area contributed by atoms with Gasteiger partial charge in [-0.15, -0.1) is 0 Å². The Morgan fingerprint density at radius 1 is 1.17 bits per heavy atom. The zero-order chi connectivity index (χ0) is 13.1. The van der Waals surface area contributed by atoms with E-state index in [1.54, 1.807) is 0 Å². The highest BCUT2D eigenvalue weighted by atomic mass is 19.1. The molecule has 1 aliphatic rings. The van der Waals surface area contributed by atoms with Crippen LogP contribution in [0.5, 0.6) is 0 Å². The molecule has 1 saturated carbocycles. The SMILES string of the molecule is O=[N+]([O-])c1cc(F)c(NC2CCCCC2)c(F)c1. The van der Waals surface area contributed by atoms with E-state index in [1.165, 1.54) is 0 Å². The molecule has 0 amide bonds. The second-order valence-electron chi connectivity index (χ2n) is 4.52. The highest BCUT2D eigenvalue weighted by Gasteiger charge is 2.20. The van der Waals surface area contributed by atoms with Crippen molar-refractivity contribution < 1.29 is 13.7 Å². The number of nitrogens with one attached hydrogen (secondary N) is 1. The molecule has 0 aromatic heterocycles. The van der Waals surface area contributed by atoms with E-state index in [4.69, 9.17) is 0 Å². The number of halogens is 2. The van der Waals surface area contributed by atoms with Crippen LogP contribution in [0.15, 0.2) is 12.1 Å². The van der Waals surface area contributed by atoms with E-state index in [-0.39, 0.29) is 11.7 Å². The fourth-order valence-corrected chi connectivity index (χ4v) is 2.25. The first-order valence-corrected chi connectivity index (χ1v) is 5.98. The van der Waals surface area contributed by atoms with Gasteiger partial charge >= 0.3 is 0 Å². The van der Waals surface area contributed by atoms with Crippen LogP contribution < -0.4 is 5.32 Å². The van der Waals surface area contributed by atoms with Crippen LogP contribution in [0.3, 0.4) is 0 Å². The first-order valence-electron chi connectivity index (χ1n) is 5.98. The molecule has 0 bridgehead atoms. The number of hydrogen-bond donors (Lipinski definition) is 1. The third-order valence-electron chi connectivity index (χ3n) is 3.19. The van der Waals surface area contributed by atoms with Crippen molar-refractivity contribution in [3.8, 4) is 0 Å². The Hall–Kier alpha value is -1.72. The van der Waals surface area contributed by atoms with Crippen molar-refractivity contribution in [1.82, 2.24) is 0 Å². The number of rotatable bonds is 3. The molecule has 0 heterocycles.